The molecular weight excluding hydrogens is 374 g/mol. The Morgan fingerprint density at radius 3 is 2.24 bits per heavy atom. The minimum Gasteiger partial charge on any atom is -0.374 e. The molecule has 0 bridgehead atoms. The minimum absolute atomic E-state index is 0.184. The molecule has 0 heterocycles. The van der Waals surface area contributed by atoms with Crippen LogP contribution in [0.5, 0.6) is 0 Å². The summed E-state index contributed by atoms with van der Waals surface area (Å²) in [5.74, 6) is 0.704. The second-order valence-corrected chi connectivity index (χ2v) is 11.0. The van der Waals surface area contributed by atoms with Crippen molar-refractivity contribution >= 4 is 11.6 Å². The van der Waals surface area contributed by atoms with E-state index >= 15 is 0 Å². The van der Waals surface area contributed by atoms with Crippen LogP contribution in [-0.4, -0.2) is 18.5 Å². The molecule has 0 radical (unpaired) electrons. The van der Waals surface area contributed by atoms with E-state index < -0.39 is 0 Å². The summed E-state index contributed by atoms with van der Waals surface area (Å²) in [6.45, 7) is 21.5. The summed E-state index contributed by atoms with van der Waals surface area (Å²) < 4.78 is 0. The van der Waals surface area contributed by atoms with Crippen LogP contribution in [0.1, 0.15) is 94.4 Å². The van der Waals surface area contributed by atoms with Crippen LogP contribution in [0.25, 0.3) is 0 Å². The summed E-state index contributed by atoms with van der Waals surface area (Å²) in [4.78, 5) is 2.41. The van der Waals surface area contributed by atoms with Crippen molar-refractivity contribution < 1.29 is 0 Å². The van der Waals surface area contributed by atoms with E-state index in [1.165, 1.54) is 42.5 Å². The van der Waals surface area contributed by atoms with Gasteiger partial charge in [0, 0.05) is 24.3 Å². The first-order valence-electron chi connectivity index (χ1n) is 11.5. The van der Waals surface area contributed by atoms with Gasteiger partial charge in [0.1, 0.15) is 0 Å². The van der Waals surface area contributed by atoms with E-state index in [0.29, 0.717) is 5.92 Å². The van der Waals surface area contributed by atoms with Crippen LogP contribution in [-0.2, 0) is 0 Å². The van der Waals surface area contributed by atoms with E-state index in [1.54, 1.807) is 5.57 Å². The zero-order chi connectivity index (χ0) is 22.4. The second kappa shape index (κ2) is 10.9. The third-order valence-corrected chi connectivity index (χ3v) is 7.19. The molecule has 0 amide bonds. The van der Waals surface area contributed by atoms with Crippen molar-refractivity contribution in [2.24, 2.45) is 16.7 Å². The van der Waals surface area contributed by atoms with Gasteiger partial charge in [-0.25, -0.2) is 0 Å². The maximum Gasteiger partial charge on any atom is 0.0383 e. The fourth-order valence-electron chi connectivity index (χ4n) is 4.25. The number of halogens is 1. The SMILES string of the molecule is CC/C(=C(\C=C(/C)C(C)(C)C)C1(C)CCCCC1C)N(C)C/C=C(/Cl)C=C(C)C. The van der Waals surface area contributed by atoms with E-state index in [2.05, 4.69) is 86.4 Å². The summed E-state index contributed by atoms with van der Waals surface area (Å²) in [5, 5.41) is 0.826. The standard InChI is InChI=1S/C27H46ClN/c1-11-25(29(10)17-15-23(28)18-20(2)3)24(19-22(5)26(6,7)8)27(9)16-13-12-14-21(27)4/h15,18-19,21H,11-14,16-17H2,1-10H3/b22-19+,23-15+,25-24-. The van der Waals surface area contributed by atoms with Gasteiger partial charge >= 0.3 is 0 Å². The molecule has 1 nitrogen and oxygen atoms in total. The first-order chi connectivity index (χ1) is 13.3. The molecule has 1 aliphatic carbocycles. The Morgan fingerprint density at radius 2 is 1.76 bits per heavy atom. The molecule has 1 saturated carbocycles. The third kappa shape index (κ3) is 7.35. The molecule has 0 aromatic carbocycles. The summed E-state index contributed by atoms with van der Waals surface area (Å²) in [6.07, 6.45) is 13.0. The smallest absolute Gasteiger partial charge is 0.0383 e. The average Bonchev–Trinajstić information content (AvgIpc) is 2.60. The van der Waals surface area contributed by atoms with Gasteiger partial charge in [0.25, 0.3) is 0 Å². The summed E-state index contributed by atoms with van der Waals surface area (Å²) in [5.41, 5.74) is 6.12. The van der Waals surface area contributed by atoms with Gasteiger partial charge in [-0.05, 0) is 74.5 Å². The van der Waals surface area contributed by atoms with Crippen LogP contribution in [0, 0.1) is 16.7 Å². The molecule has 1 aliphatic rings. The van der Waals surface area contributed by atoms with E-state index in [-0.39, 0.29) is 10.8 Å². The largest absolute Gasteiger partial charge is 0.374 e. The van der Waals surface area contributed by atoms with Gasteiger partial charge in [0.15, 0.2) is 0 Å². The van der Waals surface area contributed by atoms with E-state index in [4.69, 9.17) is 11.6 Å². The first-order valence-corrected chi connectivity index (χ1v) is 11.8. The topological polar surface area (TPSA) is 3.24 Å². The van der Waals surface area contributed by atoms with Gasteiger partial charge in [-0.1, -0.05) is 83.2 Å². The van der Waals surface area contributed by atoms with Crippen molar-refractivity contribution in [3.05, 3.63) is 45.7 Å². The van der Waals surface area contributed by atoms with Crippen LogP contribution in [0.15, 0.2) is 45.7 Å². The predicted octanol–water partition coefficient (Wildman–Crippen LogP) is 8.88. The first kappa shape index (κ1) is 26.1. The van der Waals surface area contributed by atoms with Crippen LogP contribution >= 0.6 is 11.6 Å². The monoisotopic (exact) mass is 419 g/mol. The Morgan fingerprint density at radius 1 is 1.14 bits per heavy atom. The Labute approximate surface area is 187 Å². The fraction of sp³-hybridized carbons (Fsp3) is 0.704. The van der Waals surface area contributed by atoms with Crippen molar-refractivity contribution in [3.8, 4) is 0 Å². The Hall–Kier alpha value is -0.950. The minimum atomic E-state index is 0.184. The average molecular weight is 420 g/mol. The number of allylic oxidation sites excluding steroid dienone is 7. The molecule has 166 valence electrons. The molecule has 0 N–H and O–H groups in total. The molecule has 2 unspecified atom stereocenters. The summed E-state index contributed by atoms with van der Waals surface area (Å²) >= 11 is 6.42. The molecule has 29 heavy (non-hydrogen) atoms. The molecule has 2 heteroatoms. The molecular formula is C27H46ClN. The van der Waals surface area contributed by atoms with Crippen LogP contribution in [0.4, 0.5) is 0 Å². The Kier molecular flexibility index (Phi) is 9.80. The quantitative estimate of drug-likeness (QED) is 0.372. The molecule has 2 atom stereocenters. The molecule has 1 fully saturated rings. The molecule has 0 aromatic heterocycles. The molecule has 0 aromatic rings. The van der Waals surface area contributed by atoms with Gasteiger partial charge < -0.3 is 4.90 Å². The lowest BCUT2D eigenvalue weighted by Gasteiger charge is -2.44. The lowest BCUT2D eigenvalue weighted by Crippen LogP contribution is -2.34. The van der Waals surface area contributed by atoms with E-state index in [0.717, 1.165) is 18.0 Å². The molecule has 1 rings (SSSR count). The molecule has 0 aliphatic heterocycles. The molecule has 0 saturated heterocycles. The van der Waals surface area contributed by atoms with Crippen LogP contribution < -0.4 is 0 Å². The fourth-order valence-corrected chi connectivity index (χ4v) is 4.54. The van der Waals surface area contributed by atoms with Gasteiger partial charge in [-0.15, -0.1) is 0 Å². The normalized spacial score (nSPS) is 24.9. The number of rotatable bonds is 7. The third-order valence-electron chi connectivity index (χ3n) is 6.92. The number of hydrogen-bond acceptors (Lipinski definition) is 1. The van der Waals surface area contributed by atoms with Crippen LogP contribution in [0.3, 0.4) is 0 Å². The highest BCUT2D eigenvalue weighted by molar-refractivity contribution is 6.31. The molecule has 0 spiro atoms. The van der Waals surface area contributed by atoms with Crippen molar-refractivity contribution in [2.45, 2.75) is 94.4 Å². The van der Waals surface area contributed by atoms with Gasteiger partial charge in [-0.2, -0.15) is 0 Å². The highest BCUT2D eigenvalue weighted by Gasteiger charge is 2.38. The van der Waals surface area contributed by atoms with E-state index in [9.17, 15) is 0 Å². The van der Waals surface area contributed by atoms with E-state index in [1.807, 2.05) is 6.08 Å². The lowest BCUT2D eigenvalue weighted by atomic mass is 9.62. The summed E-state index contributed by atoms with van der Waals surface area (Å²) in [7, 11) is 2.22. The Balaban J connectivity index is 3.49. The zero-order valence-electron chi connectivity index (χ0n) is 20.9. The maximum absolute atomic E-state index is 6.42. The Bertz CT molecular complexity index is 667. The zero-order valence-corrected chi connectivity index (χ0v) is 21.6. The van der Waals surface area contributed by atoms with Crippen molar-refractivity contribution in [2.75, 3.05) is 13.6 Å². The van der Waals surface area contributed by atoms with Crippen molar-refractivity contribution in [1.29, 1.82) is 0 Å². The van der Waals surface area contributed by atoms with Crippen molar-refractivity contribution in [1.82, 2.24) is 4.90 Å². The van der Waals surface area contributed by atoms with Gasteiger partial charge in [0.05, 0.1) is 0 Å². The number of likely N-dealkylation sites (N-methyl/N-ethyl adjacent to an activating group) is 1. The lowest BCUT2D eigenvalue weighted by molar-refractivity contribution is 0.173. The van der Waals surface area contributed by atoms with Gasteiger partial charge in [-0.3, -0.25) is 0 Å². The predicted molar refractivity (Wildman–Crippen MR) is 132 cm³/mol. The number of hydrogen-bond donors (Lipinski definition) is 0. The second-order valence-electron chi connectivity index (χ2n) is 10.5. The van der Waals surface area contributed by atoms with Crippen molar-refractivity contribution in [3.63, 3.8) is 0 Å². The van der Waals surface area contributed by atoms with Crippen LogP contribution in [0.2, 0.25) is 0 Å². The maximum atomic E-state index is 6.42. The summed E-state index contributed by atoms with van der Waals surface area (Å²) in [6, 6.07) is 0. The number of nitrogens with zero attached hydrogens (tertiary/aromatic N) is 1. The highest BCUT2D eigenvalue weighted by Crippen LogP contribution is 2.49. The highest BCUT2D eigenvalue weighted by atomic mass is 35.5. The van der Waals surface area contributed by atoms with Gasteiger partial charge in [0.2, 0.25) is 0 Å².